The minimum atomic E-state index is -4.05. The predicted octanol–water partition coefficient (Wildman–Crippen LogP) is 2.68. The van der Waals surface area contributed by atoms with E-state index in [4.69, 9.17) is 15.2 Å². The summed E-state index contributed by atoms with van der Waals surface area (Å²) in [6, 6.07) is 18.5. The van der Waals surface area contributed by atoms with E-state index >= 15 is 0 Å². The molecule has 3 aromatic carbocycles. The molecule has 0 amide bonds. The molecule has 0 spiro atoms. The van der Waals surface area contributed by atoms with E-state index in [1.807, 2.05) is 30.3 Å². The van der Waals surface area contributed by atoms with E-state index in [9.17, 15) is 17.9 Å². The van der Waals surface area contributed by atoms with Crippen molar-refractivity contribution in [3.05, 3.63) is 89.7 Å². The third-order valence-corrected chi connectivity index (χ3v) is 7.27. The van der Waals surface area contributed by atoms with Crippen LogP contribution in [0, 0.1) is 5.82 Å². The minimum absolute atomic E-state index is 0.0362. The molecule has 3 aromatic rings. The SMILES string of the molecule is N[C@@H](Cc1ccccc1)[C@H](O)CN(Cc1ccc2c(c1)OCO2)S(=O)(=O)c1ccc(F)cc1. The number of rotatable bonds is 9. The molecule has 2 atom stereocenters. The van der Waals surface area contributed by atoms with Gasteiger partial charge in [0.15, 0.2) is 11.5 Å². The highest BCUT2D eigenvalue weighted by Crippen LogP contribution is 2.33. The number of nitrogens with two attached hydrogens (primary N) is 1. The molecule has 1 aliphatic rings. The Morgan fingerprint density at radius 2 is 1.67 bits per heavy atom. The topological polar surface area (TPSA) is 102 Å². The van der Waals surface area contributed by atoms with Crippen molar-refractivity contribution in [2.24, 2.45) is 5.73 Å². The van der Waals surface area contributed by atoms with Crippen LogP contribution in [-0.4, -0.2) is 43.3 Å². The summed E-state index contributed by atoms with van der Waals surface area (Å²) in [7, 11) is -4.05. The van der Waals surface area contributed by atoms with Crippen molar-refractivity contribution in [2.45, 2.75) is 30.0 Å². The lowest BCUT2D eigenvalue weighted by Crippen LogP contribution is -2.46. The molecule has 1 aliphatic heterocycles. The van der Waals surface area contributed by atoms with E-state index in [0.29, 0.717) is 23.5 Å². The highest BCUT2D eigenvalue weighted by molar-refractivity contribution is 7.89. The molecule has 0 unspecified atom stereocenters. The predicted molar refractivity (Wildman–Crippen MR) is 121 cm³/mol. The Kier molecular flexibility index (Phi) is 6.94. The first-order valence-electron chi connectivity index (χ1n) is 10.4. The van der Waals surface area contributed by atoms with Crippen LogP contribution >= 0.6 is 0 Å². The van der Waals surface area contributed by atoms with Crippen molar-refractivity contribution in [1.82, 2.24) is 4.31 Å². The molecule has 4 rings (SSSR count). The van der Waals surface area contributed by atoms with Crippen molar-refractivity contribution < 1.29 is 27.4 Å². The van der Waals surface area contributed by atoms with Crippen LogP contribution in [0.1, 0.15) is 11.1 Å². The number of fused-ring (bicyclic) bond motifs is 1. The number of aliphatic hydroxyl groups excluding tert-OH is 1. The lowest BCUT2D eigenvalue weighted by molar-refractivity contribution is 0.117. The van der Waals surface area contributed by atoms with E-state index in [2.05, 4.69) is 0 Å². The zero-order valence-corrected chi connectivity index (χ0v) is 18.6. The number of benzene rings is 3. The van der Waals surface area contributed by atoms with Gasteiger partial charge in [0.1, 0.15) is 5.82 Å². The number of sulfonamides is 1. The van der Waals surface area contributed by atoms with E-state index in [-0.39, 0.29) is 24.8 Å². The number of halogens is 1. The normalized spacial score (nSPS) is 14.9. The number of hydrogen-bond acceptors (Lipinski definition) is 6. The van der Waals surface area contributed by atoms with Crippen LogP contribution < -0.4 is 15.2 Å². The van der Waals surface area contributed by atoms with E-state index in [1.54, 1.807) is 18.2 Å². The fourth-order valence-corrected chi connectivity index (χ4v) is 5.06. The lowest BCUT2D eigenvalue weighted by Gasteiger charge is -2.28. The van der Waals surface area contributed by atoms with Gasteiger partial charge < -0.3 is 20.3 Å². The Bertz CT molecular complexity index is 1190. The maximum atomic E-state index is 13.4. The summed E-state index contributed by atoms with van der Waals surface area (Å²) in [5.41, 5.74) is 7.79. The Labute approximate surface area is 192 Å². The average molecular weight is 473 g/mol. The molecule has 0 aromatic heterocycles. The van der Waals surface area contributed by atoms with Crippen LogP contribution in [0.3, 0.4) is 0 Å². The Hall–Kier alpha value is -2.98. The molecule has 0 fully saturated rings. The highest BCUT2D eigenvalue weighted by Gasteiger charge is 2.29. The van der Waals surface area contributed by atoms with Crippen LogP contribution in [-0.2, 0) is 23.0 Å². The van der Waals surface area contributed by atoms with Crippen LogP contribution in [0.5, 0.6) is 11.5 Å². The average Bonchev–Trinajstić information content (AvgIpc) is 3.27. The maximum absolute atomic E-state index is 13.4. The number of nitrogens with zero attached hydrogens (tertiary/aromatic N) is 1. The minimum Gasteiger partial charge on any atom is -0.454 e. The van der Waals surface area contributed by atoms with Crippen molar-refractivity contribution in [2.75, 3.05) is 13.3 Å². The van der Waals surface area contributed by atoms with Gasteiger partial charge >= 0.3 is 0 Å². The van der Waals surface area contributed by atoms with Gasteiger partial charge in [-0.15, -0.1) is 0 Å². The molecule has 0 aliphatic carbocycles. The standard InChI is InChI=1S/C24H25FN2O5S/c25-19-7-9-20(10-8-19)33(29,30)27(14-18-6-11-23-24(13-18)32-16-31-23)15-22(28)21(26)12-17-4-2-1-3-5-17/h1-11,13,21-22,28H,12,14-16,26H2/t21-,22+/m0/s1. The maximum Gasteiger partial charge on any atom is 0.243 e. The second-order valence-corrected chi connectivity index (χ2v) is 9.80. The Balaban J connectivity index is 1.58. The second-order valence-electron chi connectivity index (χ2n) is 7.86. The van der Waals surface area contributed by atoms with Crippen LogP contribution in [0.25, 0.3) is 0 Å². The van der Waals surface area contributed by atoms with Crippen molar-refractivity contribution in [1.29, 1.82) is 0 Å². The Morgan fingerprint density at radius 1 is 0.970 bits per heavy atom. The molecular weight excluding hydrogens is 447 g/mol. The smallest absolute Gasteiger partial charge is 0.243 e. The zero-order valence-electron chi connectivity index (χ0n) is 17.8. The molecule has 174 valence electrons. The summed E-state index contributed by atoms with van der Waals surface area (Å²) in [4.78, 5) is -0.0755. The monoisotopic (exact) mass is 472 g/mol. The summed E-state index contributed by atoms with van der Waals surface area (Å²) in [5.74, 6) is 0.561. The number of ether oxygens (including phenoxy) is 2. The first-order chi connectivity index (χ1) is 15.8. The fourth-order valence-electron chi connectivity index (χ4n) is 3.61. The molecule has 0 saturated heterocycles. The summed E-state index contributed by atoms with van der Waals surface area (Å²) >= 11 is 0. The van der Waals surface area contributed by atoms with Crippen LogP contribution in [0.15, 0.2) is 77.7 Å². The number of hydrogen-bond donors (Lipinski definition) is 2. The van der Waals surface area contributed by atoms with Gasteiger partial charge in [0, 0.05) is 19.1 Å². The highest BCUT2D eigenvalue weighted by atomic mass is 32.2. The van der Waals surface area contributed by atoms with Crippen LogP contribution in [0.2, 0.25) is 0 Å². The van der Waals surface area contributed by atoms with Gasteiger partial charge in [-0.3, -0.25) is 0 Å². The fraction of sp³-hybridized carbons (Fsp3) is 0.250. The summed E-state index contributed by atoms with van der Waals surface area (Å²) in [5, 5.41) is 10.8. The summed E-state index contributed by atoms with van der Waals surface area (Å²) in [6.45, 7) is -0.170. The molecule has 7 nitrogen and oxygen atoms in total. The van der Waals surface area contributed by atoms with Gasteiger partial charge in [-0.05, 0) is 53.9 Å². The van der Waals surface area contributed by atoms with E-state index < -0.39 is 28.0 Å². The van der Waals surface area contributed by atoms with Crippen molar-refractivity contribution >= 4 is 10.0 Å². The second kappa shape index (κ2) is 9.88. The first kappa shape index (κ1) is 23.2. The molecule has 33 heavy (non-hydrogen) atoms. The Morgan fingerprint density at radius 3 is 2.39 bits per heavy atom. The van der Waals surface area contributed by atoms with Crippen LogP contribution in [0.4, 0.5) is 4.39 Å². The summed E-state index contributed by atoms with van der Waals surface area (Å²) < 4.78 is 52.0. The summed E-state index contributed by atoms with van der Waals surface area (Å²) in [6.07, 6.45) is -0.745. The van der Waals surface area contributed by atoms with Gasteiger partial charge in [-0.1, -0.05) is 36.4 Å². The van der Waals surface area contributed by atoms with Crippen molar-refractivity contribution in [3.8, 4) is 11.5 Å². The molecular formula is C24H25FN2O5S. The third-order valence-electron chi connectivity index (χ3n) is 5.45. The molecule has 0 bridgehead atoms. The van der Waals surface area contributed by atoms with Gasteiger partial charge in [-0.2, -0.15) is 4.31 Å². The van der Waals surface area contributed by atoms with Gasteiger partial charge in [-0.25, -0.2) is 12.8 Å². The largest absolute Gasteiger partial charge is 0.454 e. The van der Waals surface area contributed by atoms with Crippen molar-refractivity contribution in [3.63, 3.8) is 0 Å². The molecule has 3 N–H and O–H groups in total. The molecule has 1 heterocycles. The molecule has 0 radical (unpaired) electrons. The number of aliphatic hydroxyl groups is 1. The lowest BCUT2D eigenvalue weighted by atomic mass is 10.0. The first-order valence-corrected chi connectivity index (χ1v) is 11.9. The zero-order chi connectivity index (χ0) is 23.4. The molecule has 9 heteroatoms. The third kappa shape index (κ3) is 5.51. The quantitative estimate of drug-likeness (QED) is 0.497. The molecule has 0 saturated carbocycles. The van der Waals surface area contributed by atoms with Gasteiger partial charge in [0.05, 0.1) is 11.0 Å². The van der Waals surface area contributed by atoms with Gasteiger partial charge in [0.2, 0.25) is 16.8 Å². The van der Waals surface area contributed by atoms with E-state index in [1.165, 1.54) is 12.1 Å². The van der Waals surface area contributed by atoms with Gasteiger partial charge in [0.25, 0.3) is 0 Å². The van der Waals surface area contributed by atoms with E-state index in [0.717, 1.165) is 22.0 Å².